The highest BCUT2D eigenvalue weighted by molar-refractivity contribution is 5.68. The maximum absolute atomic E-state index is 11.3. The van der Waals surface area contributed by atoms with Gasteiger partial charge in [-0.15, -0.1) is 0 Å². The van der Waals surface area contributed by atoms with Gasteiger partial charge in [0.05, 0.1) is 4.92 Å². The van der Waals surface area contributed by atoms with Gasteiger partial charge in [-0.25, -0.2) is 4.79 Å². The van der Waals surface area contributed by atoms with Crippen molar-refractivity contribution in [1.29, 1.82) is 0 Å². The van der Waals surface area contributed by atoms with Gasteiger partial charge in [0.1, 0.15) is 0 Å². The molecule has 102 valence electrons. The molecule has 8 nitrogen and oxygen atoms in total. The van der Waals surface area contributed by atoms with Gasteiger partial charge >= 0.3 is 17.8 Å². The molecule has 19 heavy (non-hydrogen) atoms. The van der Waals surface area contributed by atoms with Crippen molar-refractivity contribution in [1.82, 2.24) is 0 Å². The summed E-state index contributed by atoms with van der Waals surface area (Å²) in [5.74, 6) is -0.890. The number of nitro groups is 1. The summed E-state index contributed by atoms with van der Waals surface area (Å²) in [4.78, 5) is 31.9. The third-order valence-corrected chi connectivity index (χ3v) is 1.85. The Morgan fingerprint density at radius 2 is 1.89 bits per heavy atom. The molecule has 0 aliphatic rings. The van der Waals surface area contributed by atoms with E-state index < -0.39 is 23.3 Å². The van der Waals surface area contributed by atoms with E-state index in [1.807, 2.05) is 0 Å². The lowest BCUT2D eigenvalue weighted by molar-refractivity contribution is -0.385. The number of hydrogen-bond acceptors (Lipinski definition) is 7. The lowest BCUT2D eigenvalue weighted by Crippen LogP contribution is -2.22. The fourth-order valence-electron chi connectivity index (χ4n) is 1.20. The van der Waals surface area contributed by atoms with Gasteiger partial charge < -0.3 is 14.2 Å². The van der Waals surface area contributed by atoms with E-state index in [0.717, 1.165) is 6.92 Å². The van der Waals surface area contributed by atoms with Crippen molar-refractivity contribution >= 4 is 17.8 Å². The van der Waals surface area contributed by atoms with Gasteiger partial charge in [-0.2, -0.15) is 0 Å². The minimum absolute atomic E-state index is 0.257. The minimum atomic E-state index is -1.21. The van der Waals surface area contributed by atoms with Crippen LogP contribution >= 0.6 is 0 Å². The topological polar surface area (TPSA) is 105 Å². The van der Waals surface area contributed by atoms with E-state index in [1.165, 1.54) is 31.2 Å². The first-order chi connectivity index (χ1) is 8.90. The Kier molecular flexibility index (Phi) is 4.81. The molecule has 1 atom stereocenters. The summed E-state index contributed by atoms with van der Waals surface area (Å²) in [7, 11) is 0. The molecule has 1 aromatic rings. The third-order valence-electron chi connectivity index (χ3n) is 1.85. The molecular formula is C11H11NO7. The molecule has 0 spiro atoms. The molecule has 0 saturated carbocycles. The van der Waals surface area contributed by atoms with Gasteiger partial charge in [0.15, 0.2) is 0 Å². The molecule has 0 aliphatic heterocycles. The Balaban J connectivity index is 2.67. The quantitative estimate of drug-likeness (QED) is 0.270. The molecule has 0 heterocycles. The highest BCUT2D eigenvalue weighted by Crippen LogP contribution is 2.26. The molecule has 0 saturated heterocycles. The molecular weight excluding hydrogens is 258 g/mol. The van der Waals surface area contributed by atoms with Crippen molar-refractivity contribution in [3.63, 3.8) is 0 Å². The van der Waals surface area contributed by atoms with Crippen molar-refractivity contribution in [3.8, 4) is 5.75 Å². The number of ether oxygens (including phenoxy) is 3. The molecule has 0 radical (unpaired) electrons. The third kappa shape index (κ3) is 4.62. The number of esters is 1. The summed E-state index contributed by atoms with van der Waals surface area (Å²) in [6, 6.07) is 5.32. The second kappa shape index (κ2) is 6.34. The van der Waals surface area contributed by atoms with Gasteiger partial charge in [-0.05, 0) is 6.07 Å². The molecule has 0 aliphatic carbocycles. The smallest absolute Gasteiger partial charge is 0.426 e. The second-order valence-corrected chi connectivity index (χ2v) is 3.37. The standard InChI is InChI=1S/C11H11NO7/c1-7(13)17-8(2)18-11(14)19-10-6-4-3-5-9(10)12(15)16/h3-6,8H,1-2H3. The highest BCUT2D eigenvalue weighted by Gasteiger charge is 2.20. The van der Waals surface area contributed by atoms with Crippen LogP contribution in [0.1, 0.15) is 13.8 Å². The van der Waals surface area contributed by atoms with Gasteiger partial charge in [-0.3, -0.25) is 14.9 Å². The zero-order valence-electron chi connectivity index (χ0n) is 10.2. The van der Waals surface area contributed by atoms with E-state index in [4.69, 9.17) is 0 Å². The number of nitrogens with zero attached hydrogens (tertiary/aromatic N) is 1. The molecule has 0 fully saturated rings. The molecule has 8 heteroatoms. The number of hydrogen-bond donors (Lipinski definition) is 0. The Hall–Kier alpha value is -2.64. The van der Waals surface area contributed by atoms with Crippen molar-refractivity contribution in [2.24, 2.45) is 0 Å². The summed E-state index contributed by atoms with van der Waals surface area (Å²) in [6.45, 7) is 2.45. The normalized spacial score (nSPS) is 11.3. The maximum Gasteiger partial charge on any atom is 0.517 e. The first-order valence-electron chi connectivity index (χ1n) is 5.19. The largest absolute Gasteiger partial charge is 0.517 e. The minimum Gasteiger partial charge on any atom is -0.426 e. The Morgan fingerprint density at radius 1 is 1.26 bits per heavy atom. The first kappa shape index (κ1) is 14.4. The molecule has 0 bridgehead atoms. The first-order valence-corrected chi connectivity index (χ1v) is 5.19. The Morgan fingerprint density at radius 3 is 2.47 bits per heavy atom. The molecule has 1 rings (SSSR count). The fourth-order valence-corrected chi connectivity index (χ4v) is 1.20. The van der Waals surface area contributed by atoms with Gasteiger partial charge in [0.2, 0.25) is 12.0 Å². The van der Waals surface area contributed by atoms with Crippen LogP contribution in [-0.4, -0.2) is 23.3 Å². The van der Waals surface area contributed by atoms with Crippen LogP contribution in [0.5, 0.6) is 5.75 Å². The summed E-state index contributed by atoms with van der Waals surface area (Å²) >= 11 is 0. The molecule has 0 aromatic heterocycles. The van der Waals surface area contributed by atoms with Crippen LogP contribution in [0.3, 0.4) is 0 Å². The van der Waals surface area contributed by atoms with Gasteiger partial charge in [-0.1, -0.05) is 12.1 Å². The monoisotopic (exact) mass is 269 g/mol. The van der Waals surface area contributed by atoms with Crippen LogP contribution in [0.25, 0.3) is 0 Å². The van der Waals surface area contributed by atoms with Crippen LogP contribution in [0, 0.1) is 10.1 Å². The van der Waals surface area contributed by atoms with E-state index in [0.29, 0.717) is 0 Å². The summed E-state index contributed by atoms with van der Waals surface area (Å²) < 4.78 is 13.8. The zero-order valence-corrected chi connectivity index (χ0v) is 10.2. The summed E-state index contributed by atoms with van der Waals surface area (Å²) in [5, 5.41) is 10.7. The van der Waals surface area contributed by atoms with Gasteiger partial charge in [0, 0.05) is 19.9 Å². The number of benzene rings is 1. The van der Waals surface area contributed by atoms with Crippen molar-refractivity contribution < 1.29 is 28.7 Å². The molecule has 0 amide bonds. The van der Waals surface area contributed by atoms with Crippen LogP contribution in [-0.2, 0) is 14.3 Å². The Labute approximate surface area is 108 Å². The van der Waals surface area contributed by atoms with E-state index in [-0.39, 0.29) is 11.4 Å². The average Bonchev–Trinajstić information content (AvgIpc) is 2.27. The molecule has 1 aromatic carbocycles. The molecule has 1 unspecified atom stereocenters. The lowest BCUT2D eigenvalue weighted by atomic mass is 10.3. The van der Waals surface area contributed by atoms with E-state index >= 15 is 0 Å². The zero-order chi connectivity index (χ0) is 14.4. The number of rotatable bonds is 4. The van der Waals surface area contributed by atoms with Crippen LogP contribution in [0.2, 0.25) is 0 Å². The van der Waals surface area contributed by atoms with E-state index in [9.17, 15) is 19.7 Å². The predicted molar refractivity (Wildman–Crippen MR) is 61.4 cm³/mol. The SMILES string of the molecule is CC(=O)OC(C)OC(=O)Oc1ccccc1[N+](=O)[O-]. The van der Waals surface area contributed by atoms with Crippen LogP contribution in [0.15, 0.2) is 24.3 Å². The van der Waals surface area contributed by atoms with Crippen molar-refractivity contribution in [3.05, 3.63) is 34.4 Å². The highest BCUT2D eigenvalue weighted by atomic mass is 16.8. The lowest BCUT2D eigenvalue weighted by Gasteiger charge is -2.12. The summed E-state index contributed by atoms with van der Waals surface area (Å²) in [6.07, 6.45) is -2.35. The number of carbonyl (C=O) groups is 2. The molecule has 0 N–H and O–H groups in total. The van der Waals surface area contributed by atoms with E-state index in [2.05, 4.69) is 14.2 Å². The van der Waals surface area contributed by atoms with Crippen LogP contribution in [0.4, 0.5) is 10.5 Å². The van der Waals surface area contributed by atoms with Crippen molar-refractivity contribution in [2.75, 3.05) is 0 Å². The Bertz CT molecular complexity index is 500. The average molecular weight is 269 g/mol. The number of para-hydroxylation sites is 2. The van der Waals surface area contributed by atoms with Crippen molar-refractivity contribution in [2.45, 2.75) is 20.1 Å². The number of nitro benzene ring substituents is 1. The summed E-state index contributed by atoms with van der Waals surface area (Å²) in [5.41, 5.74) is -0.375. The van der Waals surface area contributed by atoms with Crippen LogP contribution < -0.4 is 4.74 Å². The second-order valence-electron chi connectivity index (χ2n) is 3.37. The van der Waals surface area contributed by atoms with E-state index in [1.54, 1.807) is 0 Å². The number of carbonyl (C=O) groups excluding carboxylic acids is 2. The predicted octanol–water partition coefficient (Wildman–Crippen LogP) is 2.02. The fraction of sp³-hybridized carbons (Fsp3) is 0.273. The van der Waals surface area contributed by atoms with Gasteiger partial charge in [0.25, 0.3) is 0 Å². The maximum atomic E-state index is 11.3.